The molecule has 2 saturated carbocycles. The van der Waals surface area contributed by atoms with Crippen molar-refractivity contribution in [1.29, 1.82) is 0 Å². The zero-order valence-corrected chi connectivity index (χ0v) is 8.54. The smallest absolute Gasteiger partial charge is 0.303 e. The fourth-order valence-electron chi connectivity index (χ4n) is 3.02. The van der Waals surface area contributed by atoms with Crippen molar-refractivity contribution in [2.24, 2.45) is 11.8 Å². The summed E-state index contributed by atoms with van der Waals surface area (Å²) in [4.78, 5) is 10.3. The van der Waals surface area contributed by atoms with Gasteiger partial charge in [0.2, 0.25) is 0 Å². The lowest BCUT2D eigenvalue weighted by atomic mass is 9.95. The van der Waals surface area contributed by atoms with E-state index in [-0.39, 0.29) is 0 Å². The summed E-state index contributed by atoms with van der Waals surface area (Å²) in [5.74, 6) is 1.18. The number of carboxylic acids is 1. The summed E-state index contributed by atoms with van der Waals surface area (Å²) in [5.41, 5.74) is 0. The van der Waals surface area contributed by atoms with Crippen LogP contribution in [-0.2, 0) is 4.79 Å². The summed E-state index contributed by atoms with van der Waals surface area (Å²) >= 11 is 0. The molecule has 2 aliphatic rings. The van der Waals surface area contributed by atoms with E-state index < -0.39 is 5.97 Å². The minimum Gasteiger partial charge on any atom is -0.481 e. The second kappa shape index (κ2) is 4.30. The van der Waals surface area contributed by atoms with Crippen molar-refractivity contribution < 1.29 is 9.90 Å². The third-order valence-corrected chi connectivity index (χ3v) is 3.71. The maximum atomic E-state index is 10.3. The summed E-state index contributed by atoms with van der Waals surface area (Å²) in [7, 11) is 0. The van der Waals surface area contributed by atoms with Gasteiger partial charge in [-0.1, -0.05) is 6.42 Å². The molecule has 0 aromatic rings. The summed E-state index contributed by atoms with van der Waals surface area (Å²) in [6.07, 6.45) is 6.63. The van der Waals surface area contributed by atoms with Crippen LogP contribution >= 0.6 is 0 Å². The molecule has 0 spiro atoms. The first-order valence-electron chi connectivity index (χ1n) is 5.71. The van der Waals surface area contributed by atoms with Gasteiger partial charge in [0, 0.05) is 12.5 Å². The number of carboxylic acid groups (broad SMARTS) is 1. The van der Waals surface area contributed by atoms with Gasteiger partial charge in [-0.15, -0.1) is 0 Å². The van der Waals surface area contributed by atoms with Crippen molar-refractivity contribution in [3.8, 4) is 0 Å². The van der Waals surface area contributed by atoms with Crippen LogP contribution in [0.2, 0.25) is 0 Å². The van der Waals surface area contributed by atoms with Crippen molar-refractivity contribution >= 4 is 5.97 Å². The molecule has 3 unspecified atom stereocenters. The van der Waals surface area contributed by atoms with E-state index in [4.69, 9.17) is 5.11 Å². The van der Waals surface area contributed by atoms with Crippen molar-refractivity contribution in [2.75, 3.05) is 6.54 Å². The van der Waals surface area contributed by atoms with E-state index in [1.54, 1.807) is 0 Å². The molecule has 0 heterocycles. The number of carbonyl (C=O) groups is 1. The van der Waals surface area contributed by atoms with Gasteiger partial charge in [-0.25, -0.2) is 0 Å². The van der Waals surface area contributed by atoms with E-state index >= 15 is 0 Å². The minimum atomic E-state index is -0.681. The van der Waals surface area contributed by atoms with E-state index in [0.717, 1.165) is 24.8 Å². The van der Waals surface area contributed by atoms with Crippen LogP contribution in [0.5, 0.6) is 0 Å². The normalized spacial score (nSPS) is 35.0. The van der Waals surface area contributed by atoms with Gasteiger partial charge >= 0.3 is 5.97 Å². The van der Waals surface area contributed by atoms with Crippen LogP contribution in [0, 0.1) is 11.8 Å². The summed E-state index contributed by atoms with van der Waals surface area (Å²) in [6, 6.07) is 0.697. The van der Waals surface area contributed by atoms with Crippen molar-refractivity contribution in [3.63, 3.8) is 0 Å². The Kier molecular flexibility index (Phi) is 3.06. The molecule has 3 nitrogen and oxygen atoms in total. The van der Waals surface area contributed by atoms with Crippen molar-refractivity contribution in [1.82, 2.24) is 5.32 Å². The molecule has 3 heteroatoms. The molecule has 0 aromatic carbocycles. The van der Waals surface area contributed by atoms with Crippen LogP contribution in [0.25, 0.3) is 0 Å². The molecule has 2 aliphatic carbocycles. The highest BCUT2D eigenvalue weighted by Gasteiger charge is 2.38. The van der Waals surface area contributed by atoms with Gasteiger partial charge in [0.25, 0.3) is 0 Å². The molecule has 2 rings (SSSR count). The summed E-state index contributed by atoms with van der Waals surface area (Å²) in [5, 5.41) is 12.0. The molecule has 0 radical (unpaired) electrons. The van der Waals surface area contributed by atoms with Crippen LogP contribution in [-0.4, -0.2) is 23.7 Å². The molecule has 2 bridgehead atoms. The Morgan fingerprint density at radius 3 is 2.79 bits per heavy atom. The lowest BCUT2D eigenvalue weighted by Crippen LogP contribution is -2.34. The van der Waals surface area contributed by atoms with Crippen LogP contribution in [0.3, 0.4) is 0 Å². The third kappa shape index (κ3) is 2.27. The summed E-state index contributed by atoms with van der Waals surface area (Å²) < 4.78 is 0. The molecular weight excluding hydrogens is 178 g/mol. The molecule has 14 heavy (non-hydrogen) atoms. The Hall–Kier alpha value is -0.570. The fraction of sp³-hybridized carbons (Fsp3) is 0.909. The van der Waals surface area contributed by atoms with E-state index in [1.165, 1.54) is 25.7 Å². The number of hydrogen-bond acceptors (Lipinski definition) is 2. The van der Waals surface area contributed by atoms with Gasteiger partial charge < -0.3 is 10.4 Å². The number of fused-ring (bicyclic) bond motifs is 2. The first kappa shape index (κ1) is 9.97. The zero-order valence-electron chi connectivity index (χ0n) is 8.54. The van der Waals surface area contributed by atoms with Gasteiger partial charge in [0.15, 0.2) is 0 Å². The largest absolute Gasteiger partial charge is 0.481 e. The Balaban J connectivity index is 1.60. The molecular formula is C11H19NO2. The molecule has 2 fully saturated rings. The molecule has 3 atom stereocenters. The Labute approximate surface area is 84.9 Å². The minimum absolute atomic E-state index is 0.299. The Bertz CT molecular complexity index is 217. The van der Waals surface area contributed by atoms with E-state index in [1.807, 2.05) is 0 Å². The molecule has 0 amide bonds. The van der Waals surface area contributed by atoms with Gasteiger partial charge in [0.1, 0.15) is 0 Å². The predicted molar refractivity (Wildman–Crippen MR) is 54.1 cm³/mol. The fourth-order valence-corrected chi connectivity index (χ4v) is 3.02. The first-order valence-corrected chi connectivity index (χ1v) is 5.71. The second-order valence-electron chi connectivity index (χ2n) is 4.73. The first-order chi connectivity index (χ1) is 6.75. The average molecular weight is 197 g/mol. The number of rotatable bonds is 5. The molecule has 80 valence electrons. The van der Waals surface area contributed by atoms with Gasteiger partial charge in [0.05, 0.1) is 0 Å². The van der Waals surface area contributed by atoms with E-state index in [2.05, 4.69) is 5.32 Å². The Morgan fingerprint density at radius 1 is 1.36 bits per heavy atom. The number of hydrogen-bond donors (Lipinski definition) is 2. The van der Waals surface area contributed by atoms with Gasteiger partial charge in [-0.05, 0) is 44.1 Å². The number of nitrogens with one attached hydrogen (secondary N) is 1. The van der Waals surface area contributed by atoms with E-state index in [0.29, 0.717) is 12.5 Å². The predicted octanol–water partition coefficient (Wildman–Crippen LogP) is 1.63. The van der Waals surface area contributed by atoms with Gasteiger partial charge in [-0.2, -0.15) is 0 Å². The molecule has 2 N–H and O–H groups in total. The lowest BCUT2D eigenvalue weighted by molar-refractivity contribution is -0.137. The summed E-state index contributed by atoms with van der Waals surface area (Å²) in [6.45, 7) is 0.875. The van der Waals surface area contributed by atoms with Crippen LogP contribution < -0.4 is 5.32 Å². The zero-order chi connectivity index (χ0) is 9.97. The Morgan fingerprint density at radius 2 is 2.21 bits per heavy atom. The highest BCUT2D eigenvalue weighted by molar-refractivity contribution is 5.66. The third-order valence-electron chi connectivity index (χ3n) is 3.71. The SMILES string of the molecule is O=C(O)CCCNC1CC2CCC1C2. The second-order valence-corrected chi connectivity index (χ2v) is 4.73. The molecule has 0 aromatic heterocycles. The number of aliphatic carboxylic acids is 1. The maximum absolute atomic E-state index is 10.3. The highest BCUT2D eigenvalue weighted by atomic mass is 16.4. The van der Waals surface area contributed by atoms with Crippen molar-refractivity contribution in [3.05, 3.63) is 0 Å². The average Bonchev–Trinajstić information content (AvgIpc) is 2.73. The molecule has 0 saturated heterocycles. The van der Waals surface area contributed by atoms with E-state index in [9.17, 15) is 4.79 Å². The quantitative estimate of drug-likeness (QED) is 0.659. The van der Waals surface area contributed by atoms with Crippen molar-refractivity contribution in [2.45, 2.75) is 44.6 Å². The van der Waals surface area contributed by atoms with Gasteiger partial charge in [-0.3, -0.25) is 4.79 Å². The highest BCUT2D eigenvalue weighted by Crippen LogP contribution is 2.44. The topological polar surface area (TPSA) is 49.3 Å². The van der Waals surface area contributed by atoms with Crippen LogP contribution in [0.1, 0.15) is 38.5 Å². The van der Waals surface area contributed by atoms with Crippen LogP contribution in [0.4, 0.5) is 0 Å². The maximum Gasteiger partial charge on any atom is 0.303 e. The lowest BCUT2D eigenvalue weighted by Gasteiger charge is -2.22. The standard InChI is InChI=1S/C11H19NO2/c13-11(14)2-1-5-12-10-7-8-3-4-9(10)6-8/h8-10,12H,1-7H2,(H,13,14). The monoisotopic (exact) mass is 197 g/mol. The molecule has 0 aliphatic heterocycles. The van der Waals surface area contributed by atoms with Crippen LogP contribution in [0.15, 0.2) is 0 Å².